The lowest BCUT2D eigenvalue weighted by Gasteiger charge is -2.03. The topological polar surface area (TPSA) is 46.5 Å². The first-order valence-electron chi connectivity index (χ1n) is 3.86. The number of ketones is 1. The fourth-order valence-corrected chi connectivity index (χ4v) is 0.765. The van der Waals surface area contributed by atoms with Gasteiger partial charge in [-0.25, -0.2) is 0 Å². The van der Waals surface area contributed by atoms with Crippen LogP contribution in [0.4, 0.5) is 0 Å². The fraction of sp³-hybridized carbons (Fsp3) is 0.222. The van der Waals surface area contributed by atoms with Crippen molar-refractivity contribution in [3.63, 3.8) is 0 Å². The molecule has 2 radical (unpaired) electrons. The minimum atomic E-state index is -0.159. The first-order chi connectivity index (χ1) is 6.22. The van der Waals surface area contributed by atoms with E-state index in [1.807, 2.05) is 0 Å². The molecule has 0 aliphatic rings. The smallest absolute Gasteiger partial charge is 0.161 e. The molecule has 0 fully saturated rings. The molecule has 1 aromatic rings. The van der Waals surface area contributed by atoms with Gasteiger partial charge in [0.05, 0.1) is 7.85 Å². The number of phenols is 1. The summed E-state index contributed by atoms with van der Waals surface area (Å²) >= 11 is 0. The van der Waals surface area contributed by atoms with Crippen LogP contribution in [0.1, 0.15) is 0 Å². The Morgan fingerprint density at radius 1 is 1.38 bits per heavy atom. The number of carbonyl (C=O) groups excluding carboxylic acids is 1. The van der Waals surface area contributed by atoms with E-state index in [1.165, 1.54) is 12.1 Å². The van der Waals surface area contributed by atoms with E-state index in [4.69, 9.17) is 17.7 Å². The van der Waals surface area contributed by atoms with Gasteiger partial charge < -0.3 is 9.84 Å². The minimum Gasteiger partial charge on any atom is -0.508 e. The van der Waals surface area contributed by atoms with Gasteiger partial charge in [-0.15, -0.1) is 0 Å². The number of carbonyl (C=O) groups is 1. The summed E-state index contributed by atoms with van der Waals surface area (Å²) in [5.74, 6) is 0.546. The molecule has 0 heterocycles. The number of aromatic hydroxyl groups is 1. The van der Waals surface area contributed by atoms with Crippen LogP contribution in [-0.2, 0) is 4.79 Å². The number of Topliss-reactive ketones (excluding diaryl/α,β-unsaturated/α-hetero) is 1. The lowest BCUT2D eigenvalue weighted by atomic mass is 10.0. The molecule has 0 saturated heterocycles. The average Bonchev–Trinajstić information content (AvgIpc) is 2.16. The number of hydrogen-bond acceptors (Lipinski definition) is 3. The van der Waals surface area contributed by atoms with Gasteiger partial charge in [-0.05, 0) is 30.6 Å². The highest BCUT2D eigenvalue weighted by molar-refractivity contribution is 6.20. The highest BCUT2D eigenvalue weighted by atomic mass is 16.5. The van der Waals surface area contributed by atoms with Crippen molar-refractivity contribution in [2.45, 2.75) is 6.32 Å². The van der Waals surface area contributed by atoms with Gasteiger partial charge in [0.2, 0.25) is 0 Å². The second-order valence-corrected chi connectivity index (χ2v) is 2.53. The molecule has 1 N–H and O–H groups in total. The van der Waals surface area contributed by atoms with Crippen molar-refractivity contribution in [2.24, 2.45) is 0 Å². The predicted molar refractivity (Wildman–Crippen MR) is 49.2 cm³/mol. The van der Waals surface area contributed by atoms with Gasteiger partial charge in [0.15, 0.2) is 5.78 Å². The van der Waals surface area contributed by atoms with Crippen LogP contribution in [0.3, 0.4) is 0 Å². The van der Waals surface area contributed by atoms with Crippen molar-refractivity contribution in [3.8, 4) is 11.5 Å². The van der Waals surface area contributed by atoms with Gasteiger partial charge in [0.25, 0.3) is 0 Å². The number of rotatable bonds is 4. The van der Waals surface area contributed by atoms with Gasteiger partial charge in [0, 0.05) is 0 Å². The van der Waals surface area contributed by atoms with Crippen LogP contribution in [0.25, 0.3) is 0 Å². The first kappa shape index (κ1) is 9.64. The summed E-state index contributed by atoms with van der Waals surface area (Å²) in [5, 5.41) is 8.94. The molecule has 1 rings (SSSR count). The van der Waals surface area contributed by atoms with Gasteiger partial charge in [0.1, 0.15) is 18.1 Å². The number of ether oxygens (including phenoxy) is 1. The largest absolute Gasteiger partial charge is 0.508 e. The summed E-state index contributed by atoms with van der Waals surface area (Å²) in [5.41, 5.74) is 0. The quantitative estimate of drug-likeness (QED) is 0.694. The lowest BCUT2D eigenvalue weighted by Crippen LogP contribution is -2.09. The van der Waals surface area contributed by atoms with Crippen LogP contribution in [0.5, 0.6) is 11.5 Å². The van der Waals surface area contributed by atoms with E-state index >= 15 is 0 Å². The third kappa shape index (κ3) is 3.19. The second-order valence-electron chi connectivity index (χ2n) is 2.53. The summed E-state index contributed by atoms with van der Waals surface area (Å²) in [6.45, 7) is -0.0265. The van der Waals surface area contributed by atoms with Crippen molar-refractivity contribution >= 4 is 13.6 Å². The zero-order chi connectivity index (χ0) is 9.68. The molecule has 0 aliphatic heterocycles. The third-order valence-electron chi connectivity index (χ3n) is 1.46. The van der Waals surface area contributed by atoms with Gasteiger partial charge >= 0.3 is 0 Å². The van der Waals surface area contributed by atoms with Crippen LogP contribution in [0.15, 0.2) is 24.3 Å². The molecule has 0 spiro atoms. The maximum Gasteiger partial charge on any atom is 0.161 e. The van der Waals surface area contributed by atoms with E-state index in [-0.39, 0.29) is 24.5 Å². The molecular weight excluding hydrogens is 167 g/mol. The first-order valence-corrected chi connectivity index (χ1v) is 3.86. The number of hydrogen-bond donors (Lipinski definition) is 1. The SMILES string of the molecule is [B]CC(=O)COc1ccc(O)cc1. The van der Waals surface area contributed by atoms with E-state index < -0.39 is 0 Å². The Kier molecular flexibility index (Phi) is 3.37. The Balaban J connectivity index is 2.46. The summed E-state index contributed by atoms with van der Waals surface area (Å²) < 4.78 is 5.07. The van der Waals surface area contributed by atoms with Crippen molar-refractivity contribution < 1.29 is 14.6 Å². The van der Waals surface area contributed by atoms with Crippen LogP contribution in [0.2, 0.25) is 6.32 Å². The summed E-state index contributed by atoms with van der Waals surface area (Å²) in [6.07, 6.45) is -0.0158. The van der Waals surface area contributed by atoms with Crippen molar-refractivity contribution in [3.05, 3.63) is 24.3 Å². The Bertz CT molecular complexity index is 281. The van der Waals surface area contributed by atoms with Gasteiger partial charge in [-0.3, -0.25) is 4.79 Å². The molecule has 0 aliphatic carbocycles. The van der Waals surface area contributed by atoms with Crippen LogP contribution in [-0.4, -0.2) is 25.3 Å². The fourth-order valence-electron chi connectivity index (χ4n) is 0.765. The standard InChI is InChI=1S/C9H9BO3/c10-5-8(12)6-13-9-3-1-7(11)2-4-9/h1-4,11H,5-6H2. The van der Waals surface area contributed by atoms with E-state index in [2.05, 4.69) is 0 Å². The Morgan fingerprint density at radius 2 is 2.00 bits per heavy atom. The highest BCUT2D eigenvalue weighted by Gasteiger charge is 1.99. The average molecular weight is 176 g/mol. The summed E-state index contributed by atoms with van der Waals surface area (Å²) in [4.78, 5) is 10.8. The number of phenolic OH excluding ortho intramolecular Hbond substituents is 1. The zero-order valence-electron chi connectivity index (χ0n) is 7.06. The van der Waals surface area contributed by atoms with Crippen molar-refractivity contribution in [2.75, 3.05) is 6.61 Å². The molecule has 13 heavy (non-hydrogen) atoms. The Hall–Kier alpha value is -1.45. The van der Waals surface area contributed by atoms with Crippen molar-refractivity contribution in [1.29, 1.82) is 0 Å². The van der Waals surface area contributed by atoms with Crippen molar-refractivity contribution in [1.82, 2.24) is 0 Å². The lowest BCUT2D eigenvalue weighted by molar-refractivity contribution is -0.118. The minimum absolute atomic E-state index is 0.0158. The monoisotopic (exact) mass is 176 g/mol. The molecule has 0 aromatic heterocycles. The summed E-state index contributed by atoms with van der Waals surface area (Å²) in [7, 11) is 5.09. The molecule has 0 unspecified atom stereocenters. The molecule has 0 bridgehead atoms. The van der Waals surface area contributed by atoms with E-state index in [9.17, 15) is 4.79 Å². The second kappa shape index (κ2) is 4.55. The van der Waals surface area contributed by atoms with Crippen LogP contribution in [0, 0.1) is 0 Å². The maximum atomic E-state index is 10.8. The summed E-state index contributed by atoms with van der Waals surface area (Å²) in [6, 6.07) is 6.14. The number of benzene rings is 1. The molecule has 0 atom stereocenters. The Labute approximate surface area is 77.7 Å². The molecule has 4 heteroatoms. The maximum absolute atomic E-state index is 10.8. The molecule has 0 amide bonds. The van der Waals surface area contributed by atoms with Gasteiger partial charge in [-0.1, -0.05) is 0 Å². The predicted octanol–water partition coefficient (Wildman–Crippen LogP) is 0.927. The molecule has 1 aromatic carbocycles. The van der Waals surface area contributed by atoms with E-state index in [0.29, 0.717) is 5.75 Å². The molecular formula is C9H9BO3. The van der Waals surface area contributed by atoms with E-state index in [0.717, 1.165) is 0 Å². The van der Waals surface area contributed by atoms with Crippen LogP contribution < -0.4 is 4.74 Å². The Morgan fingerprint density at radius 3 is 2.54 bits per heavy atom. The van der Waals surface area contributed by atoms with Gasteiger partial charge in [-0.2, -0.15) is 0 Å². The molecule has 66 valence electrons. The van der Waals surface area contributed by atoms with E-state index in [1.54, 1.807) is 12.1 Å². The molecule has 0 saturated carbocycles. The third-order valence-corrected chi connectivity index (χ3v) is 1.46. The highest BCUT2D eigenvalue weighted by Crippen LogP contribution is 2.15. The zero-order valence-corrected chi connectivity index (χ0v) is 7.06. The molecule has 3 nitrogen and oxygen atoms in total. The normalized spacial score (nSPS) is 9.54. The van der Waals surface area contributed by atoms with Crippen LogP contribution >= 0.6 is 0 Å².